The molecule has 2 rings (SSSR count). The summed E-state index contributed by atoms with van der Waals surface area (Å²) in [5.74, 6) is -0.835. The van der Waals surface area contributed by atoms with E-state index in [1.165, 1.54) is 6.07 Å². The number of hydrogen-bond donors (Lipinski definition) is 1. The highest BCUT2D eigenvalue weighted by Gasteiger charge is 2.13. The summed E-state index contributed by atoms with van der Waals surface area (Å²) in [7, 11) is 3.96. The van der Waals surface area contributed by atoms with Crippen LogP contribution in [0.4, 0.5) is 20.2 Å². The van der Waals surface area contributed by atoms with Crippen LogP contribution in [-0.4, -0.2) is 14.1 Å². The molecular formula is C17H20F2N2. The first-order chi connectivity index (χ1) is 9.88. The summed E-state index contributed by atoms with van der Waals surface area (Å²) in [5, 5.41) is 3.24. The van der Waals surface area contributed by atoms with Gasteiger partial charge in [-0.15, -0.1) is 0 Å². The fraction of sp³-hybridized carbons (Fsp3) is 0.294. The minimum atomic E-state index is -0.431. The number of nitrogens with one attached hydrogen (secondary N) is 1. The molecule has 0 heterocycles. The van der Waals surface area contributed by atoms with E-state index in [4.69, 9.17) is 0 Å². The van der Waals surface area contributed by atoms with Gasteiger partial charge in [-0.3, -0.25) is 0 Å². The van der Waals surface area contributed by atoms with Gasteiger partial charge in [0.15, 0.2) is 0 Å². The van der Waals surface area contributed by atoms with Gasteiger partial charge in [-0.1, -0.05) is 0 Å². The summed E-state index contributed by atoms with van der Waals surface area (Å²) in [5.41, 5.74) is 3.40. The van der Waals surface area contributed by atoms with E-state index in [0.717, 1.165) is 29.1 Å². The third-order valence-electron chi connectivity index (χ3n) is 3.52. The maximum atomic E-state index is 13.8. The van der Waals surface area contributed by atoms with Crippen molar-refractivity contribution in [3.05, 3.63) is 59.2 Å². The zero-order valence-electron chi connectivity index (χ0n) is 12.7. The molecule has 0 amide bonds. The average Bonchev–Trinajstić information content (AvgIpc) is 2.43. The maximum Gasteiger partial charge on any atom is 0.128 e. The van der Waals surface area contributed by atoms with Gasteiger partial charge in [0.05, 0.1) is 6.04 Å². The Morgan fingerprint density at radius 3 is 2.38 bits per heavy atom. The van der Waals surface area contributed by atoms with Crippen LogP contribution < -0.4 is 10.2 Å². The number of anilines is 2. The second kappa shape index (κ2) is 6.12. The standard InChI is InChI=1S/C17H20F2N2/c1-11-9-14(21(3)4)6-8-17(11)20-12(2)15-10-13(18)5-7-16(15)19/h5-10,12,20H,1-4H3. The van der Waals surface area contributed by atoms with Crippen molar-refractivity contribution in [3.8, 4) is 0 Å². The minimum absolute atomic E-state index is 0.315. The lowest BCUT2D eigenvalue weighted by molar-refractivity contribution is 0.577. The third kappa shape index (κ3) is 3.51. The van der Waals surface area contributed by atoms with Gasteiger partial charge in [0, 0.05) is 31.0 Å². The SMILES string of the molecule is Cc1cc(N(C)C)ccc1NC(C)c1cc(F)ccc1F. The fourth-order valence-corrected chi connectivity index (χ4v) is 2.25. The summed E-state index contributed by atoms with van der Waals surface area (Å²) in [6, 6.07) is 9.20. The van der Waals surface area contributed by atoms with Gasteiger partial charge in [-0.25, -0.2) is 8.78 Å². The fourth-order valence-electron chi connectivity index (χ4n) is 2.25. The molecule has 0 aliphatic heterocycles. The lowest BCUT2D eigenvalue weighted by atomic mass is 10.1. The number of benzene rings is 2. The molecule has 2 aromatic carbocycles. The van der Waals surface area contributed by atoms with Crippen molar-refractivity contribution >= 4 is 11.4 Å². The summed E-state index contributed by atoms with van der Waals surface area (Å²) in [4.78, 5) is 2.02. The van der Waals surface area contributed by atoms with Crippen molar-refractivity contribution < 1.29 is 8.78 Å². The molecule has 1 atom stereocenters. The second-order valence-electron chi connectivity index (χ2n) is 5.43. The lowest BCUT2D eigenvalue weighted by Crippen LogP contribution is -2.12. The molecule has 2 aromatic rings. The highest BCUT2D eigenvalue weighted by molar-refractivity contribution is 5.60. The first-order valence-electron chi connectivity index (χ1n) is 6.88. The van der Waals surface area contributed by atoms with Crippen LogP contribution in [0.5, 0.6) is 0 Å². The van der Waals surface area contributed by atoms with Crippen LogP contribution in [0.2, 0.25) is 0 Å². The van der Waals surface area contributed by atoms with Crippen molar-refractivity contribution in [2.45, 2.75) is 19.9 Å². The number of halogens is 2. The Labute approximate surface area is 124 Å². The topological polar surface area (TPSA) is 15.3 Å². The summed E-state index contributed by atoms with van der Waals surface area (Å²) >= 11 is 0. The summed E-state index contributed by atoms with van der Waals surface area (Å²) in [6.45, 7) is 3.81. The van der Waals surface area contributed by atoms with Gasteiger partial charge in [-0.2, -0.15) is 0 Å². The van der Waals surface area contributed by atoms with Crippen molar-refractivity contribution in [1.82, 2.24) is 0 Å². The zero-order chi connectivity index (χ0) is 15.6. The molecule has 2 nitrogen and oxygen atoms in total. The van der Waals surface area contributed by atoms with Crippen LogP contribution >= 0.6 is 0 Å². The van der Waals surface area contributed by atoms with Gasteiger partial charge in [-0.05, 0) is 55.8 Å². The van der Waals surface area contributed by atoms with Gasteiger partial charge < -0.3 is 10.2 Å². The molecular weight excluding hydrogens is 270 g/mol. The quantitative estimate of drug-likeness (QED) is 0.891. The largest absolute Gasteiger partial charge is 0.378 e. The van der Waals surface area contributed by atoms with Crippen molar-refractivity contribution in [3.63, 3.8) is 0 Å². The first kappa shape index (κ1) is 15.3. The Kier molecular flexibility index (Phi) is 4.46. The van der Waals surface area contributed by atoms with E-state index in [9.17, 15) is 8.78 Å². The van der Waals surface area contributed by atoms with Gasteiger partial charge >= 0.3 is 0 Å². The molecule has 0 aliphatic carbocycles. The van der Waals surface area contributed by atoms with Gasteiger partial charge in [0.1, 0.15) is 11.6 Å². The van der Waals surface area contributed by atoms with Crippen LogP contribution in [0.15, 0.2) is 36.4 Å². The molecule has 21 heavy (non-hydrogen) atoms. The predicted octanol–water partition coefficient (Wildman–Crippen LogP) is 4.51. The Hall–Kier alpha value is -2.10. The first-order valence-corrected chi connectivity index (χ1v) is 6.88. The van der Waals surface area contributed by atoms with E-state index in [1.807, 2.05) is 45.0 Å². The molecule has 0 aromatic heterocycles. The zero-order valence-corrected chi connectivity index (χ0v) is 12.7. The number of aryl methyl sites for hydroxylation is 1. The van der Waals surface area contributed by atoms with E-state index >= 15 is 0 Å². The van der Waals surface area contributed by atoms with Crippen LogP contribution in [0.3, 0.4) is 0 Å². The number of hydrogen-bond acceptors (Lipinski definition) is 2. The molecule has 1 N–H and O–H groups in total. The van der Waals surface area contributed by atoms with Crippen LogP contribution in [0.1, 0.15) is 24.1 Å². The van der Waals surface area contributed by atoms with Crippen molar-refractivity contribution in [2.24, 2.45) is 0 Å². The molecule has 0 saturated carbocycles. The van der Waals surface area contributed by atoms with Crippen LogP contribution in [-0.2, 0) is 0 Å². The molecule has 0 saturated heterocycles. The summed E-state index contributed by atoms with van der Waals surface area (Å²) in [6.07, 6.45) is 0. The Balaban J connectivity index is 2.23. The van der Waals surface area contributed by atoms with Crippen molar-refractivity contribution in [1.29, 1.82) is 0 Å². The van der Waals surface area contributed by atoms with Gasteiger partial charge in [0.2, 0.25) is 0 Å². The highest BCUT2D eigenvalue weighted by Crippen LogP contribution is 2.27. The van der Waals surface area contributed by atoms with E-state index in [0.29, 0.717) is 5.56 Å². The molecule has 4 heteroatoms. The monoisotopic (exact) mass is 290 g/mol. The van der Waals surface area contributed by atoms with Crippen molar-refractivity contribution in [2.75, 3.05) is 24.3 Å². The predicted molar refractivity (Wildman–Crippen MR) is 83.9 cm³/mol. The minimum Gasteiger partial charge on any atom is -0.378 e. The van der Waals surface area contributed by atoms with Gasteiger partial charge in [0.25, 0.3) is 0 Å². The summed E-state index contributed by atoms with van der Waals surface area (Å²) < 4.78 is 27.0. The number of rotatable bonds is 4. The second-order valence-corrected chi connectivity index (χ2v) is 5.43. The molecule has 0 aliphatic rings. The third-order valence-corrected chi connectivity index (χ3v) is 3.52. The normalized spacial score (nSPS) is 12.1. The molecule has 0 spiro atoms. The van der Waals surface area contributed by atoms with E-state index in [2.05, 4.69) is 11.4 Å². The van der Waals surface area contributed by atoms with E-state index in [1.54, 1.807) is 0 Å². The molecule has 0 bridgehead atoms. The molecule has 1 unspecified atom stereocenters. The highest BCUT2D eigenvalue weighted by atomic mass is 19.1. The molecule has 0 radical (unpaired) electrons. The van der Waals surface area contributed by atoms with E-state index < -0.39 is 11.6 Å². The average molecular weight is 290 g/mol. The van der Waals surface area contributed by atoms with Crippen LogP contribution in [0, 0.1) is 18.6 Å². The molecule has 112 valence electrons. The lowest BCUT2D eigenvalue weighted by Gasteiger charge is -2.20. The Morgan fingerprint density at radius 2 is 1.76 bits per heavy atom. The Bertz CT molecular complexity index is 639. The smallest absolute Gasteiger partial charge is 0.128 e. The maximum absolute atomic E-state index is 13.8. The van der Waals surface area contributed by atoms with E-state index in [-0.39, 0.29) is 6.04 Å². The number of nitrogens with zero attached hydrogens (tertiary/aromatic N) is 1. The Morgan fingerprint density at radius 1 is 1.05 bits per heavy atom. The molecule has 0 fully saturated rings. The van der Waals surface area contributed by atoms with Crippen LogP contribution in [0.25, 0.3) is 0 Å².